The smallest absolute Gasteiger partial charge is 0.243 e. The van der Waals surface area contributed by atoms with Gasteiger partial charge in [0.05, 0.1) is 11.7 Å². The molecule has 2 heterocycles. The fraction of sp³-hybridized carbons (Fsp3) is 0.556. The van der Waals surface area contributed by atoms with E-state index in [9.17, 15) is 15.2 Å². The number of carbonyl (C=O) groups is 1. The van der Waals surface area contributed by atoms with Crippen molar-refractivity contribution in [1.29, 1.82) is 5.26 Å². The van der Waals surface area contributed by atoms with Gasteiger partial charge in [-0.1, -0.05) is 23.7 Å². The molecule has 2 saturated heterocycles. The molecule has 1 aromatic rings. The normalized spacial score (nSPS) is 26.1. The minimum atomic E-state index is -1.00. The van der Waals surface area contributed by atoms with Gasteiger partial charge < -0.3 is 14.7 Å². The first kappa shape index (κ1) is 17.2. The number of nitrogens with zero attached hydrogens (tertiary/aromatic N) is 2. The highest BCUT2D eigenvalue weighted by atomic mass is 35.5. The molecular formula is C18H21ClN2O3. The largest absolute Gasteiger partial charge is 0.388 e. The molecule has 2 fully saturated rings. The van der Waals surface area contributed by atoms with Crippen LogP contribution >= 0.6 is 11.6 Å². The third-order valence-corrected chi connectivity index (χ3v) is 5.25. The molecule has 128 valence electrons. The summed E-state index contributed by atoms with van der Waals surface area (Å²) >= 11 is 6.00. The minimum Gasteiger partial charge on any atom is -0.388 e. The molecule has 2 aliphatic rings. The molecule has 0 spiro atoms. The summed E-state index contributed by atoms with van der Waals surface area (Å²) in [7, 11) is 0. The standard InChI is InChI=1S/C18H21ClN2O3/c19-15-3-1-2-14(10-15)11-18(23)4-7-21(13-18)16(22)17(12-20)5-8-24-9-6-17/h1-3,10,23H,4-9,11,13H2. The van der Waals surface area contributed by atoms with Crippen molar-refractivity contribution < 1.29 is 14.6 Å². The van der Waals surface area contributed by atoms with Crippen LogP contribution in [0.4, 0.5) is 0 Å². The first-order valence-electron chi connectivity index (χ1n) is 8.22. The van der Waals surface area contributed by atoms with Crippen molar-refractivity contribution in [1.82, 2.24) is 4.90 Å². The van der Waals surface area contributed by atoms with Crippen LogP contribution in [0, 0.1) is 16.7 Å². The molecule has 1 N–H and O–H groups in total. The predicted octanol–water partition coefficient (Wildman–Crippen LogP) is 2.17. The van der Waals surface area contributed by atoms with Crippen LogP contribution in [0.5, 0.6) is 0 Å². The van der Waals surface area contributed by atoms with E-state index in [1.807, 2.05) is 18.2 Å². The van der Waals surface area contributed by atoms with Gasteiger partial charge >= 0.3 is 0 Å². The number of benzene rings is 1. The molecular weight excluding hydrogens is 328 g/mol. The van der Waals surface area contributed by atoms with E-state index in [-0.39, 0.29) is 12.5 Å². The molecule has 1 unspecified atom stereocenters. The first-order chi connectivity index (χ1) is 11.5. The van der Waals surface area contributed by atoms with Crippen LogP contribution < -0.4 is 0 Å². The van der Waals surface area contributed by atoms with E-state index in [1.54, 1.807) is 11.0 Å². The Labute approximate surface area is 146 Å². The zero-order valence-corrected chi connectivity index (χ0v) is 14.3. The Bertz CT molecular complexity index is 666. The molecule has 24 heavy (non-hydrogen) atoms. The van der Waals surface area contributed by atoms with E-state index in [0.29, 0.717) is 50.5 Å². The van der Waals surface area contributed by atoms with Gasteiger partial charge in [0.25, 0.3) is 0 Å². The fourth-order valence-electron chi connectivity index (χ4n) is 3.60. The van der Waals surface area contributed by atoms with Gasteiger partial charge in [0.15, 0.2) is 0 Å². The van der Waals surface area contributed by atoms with Crippen molar-refractivity contribution in [2.75, 3.05) is 26.3 Å². The lowest BCUT2D eigenvalue weighted by molar-refractivity contribution is -0.143. The molecule has 5 nitrogen and oxygen atoms in total. The minimum absolute atomic E-state index is 0.171. The lowest BCUT2D eigenvalue weighted by Gasteiger charge is -2.33. The molecule has 1 aromatic carbocycles. The second-order valence-electron chi connectivity index (χ2n) is 6.81. The lowest BCUT2D eigenvalue weighted by Crippen LogP contribution is -2.47. The quantitative estimate of drug-likeness (QED) is 0.908. The van der Waals surface area contributed by atoms with E-state index in [0.717, 1.165) is 5.56 Å². The third-order valence-electron chi connectivity index (χ3n) is 5.01. The van der Waals surface area contributed by atoms with Gasteiger partial charge in [0.1, 0.15) is 5.41 Å². The van der Waals surface area contributed by atoms with Crippen LogP contribution in [0.1, 0.15) is 24.8 Å². The van der Waals surface area contributed by atoms with Crippen LogP contribution in [0.25, 0.3) is 0 Å². The van der Waals surface area contributed by atoms with Gasteiger partial charge in [0, 0.05) is 37.7 Å². The number of hydrogen-bond donors (Lipinski definition) is 1. The number of hydrogen-bond acceptors (Lipinski definition) is 4. The second kappa shape index (κ2) is 6.72. The number of ether oxygens (including phenoxy) is 1. The van der Waals surface area contributed by atoms with Gasteiger partial charge in [-0.15, -0.1) is 0 Å². The average molecular weight is 349 g/mol. The number of nitriles is 1. The topological polar surface area (TPSA) is 73.6 Å². The summed E-state index contributed by atoms with van der Waals surface area (Å²) in [6.07, 6.45) is 1.79. The number of amides is 1. The molecule has 3 rings (SSSR count). The maximum absolute atomic E-state index is 12.9. The average Bonchev–Trinajstić information content (AvgIpc) is 2.96. The molecule has 6 heteroatoms. The van der Waals surface area contributed by atoms with E-state index >= 15 is 0 Å². The Morgan fingerprint density at radius 1 is 1.38 bits per heavy atom. The highest BCUT2D eigenvalue weighted by Crippen LogP contribution is 2.35. The Kier molecular flexibility index (Phi) is 4.82. The molecule has 0 aliphatic carbocycles. The number of rotatable bonds is 3. The van der Waals surface area contributed by atoms with Crippen LogP contribution in [0.2, 0.25) is 5.02 Å². The molecule has 0 bridgehead atoms. The summed E-state index contributed by atoms with van der Waals surface area (Å²) in [4.78, 5) is 14.5. The van der Waals surface area contributed by atoms with Gasteiger partial charge in [-0.25, -0.2) is 0 Å². The van der Waals surface area contributed by atoms with Crippen molar-refractivity contribution in [3.8, 4) is 6.07 Å². The Hall–Kier alpha value is -1.61. The van der Waals surface area contributed by atoms with Crippen LogP contribution in [0.15, 0.2) is 24.3 Å². The summed E-state index contributed by atoms with van der Waals surface area (Å²) < 4.78 is 5.29. The molecule has 1 atom stereocenters. The van der Waals surface area contributed by atoms with Crippen molar-refractivity contribution >= 4 is 17.5 Å². The van der Waals surface area contributed by atoms with Crippen LogP contribution in [-0.2, 0) is 16.0 Å². The van der Waals surface area contributed by atoms with Crippen LogP contribution in [0.3, 0.4) is 0 Å². The zero-order valence-electron chi connectivity index (χ0n) is 13.5. The Morgan fingerprint density at radius 2 is 2.12 bits per heavy atom. The maximum atomic E-state index is 12.9. The van der Waals surface area contributed by atoms with Crippen LogP contribution in [-0.4, -0.2) is 47.8 Å². The maximum Gasteiger partial charge on any atom is 0.243 e. The van der Waals surface area contributed by atoms with Crippen molar-refractivity contribution in [2.24, 2.45) is 5.41 Å². The summed E-state index contributed by atoms with van der Waals surface area (Å²) in [5, 5.41) is 21.0. The second-order valence-corrected chi connectivity index (χ2v) is 7.25. The summed E-state index contributed by atoms with van der Waals surface area (Å²) in [6.45, 7) is 1.59. The third kappa shape index (κ3) is 3.41. The molecule has 0 radical (unpaired) electrons. The molecule has 0 aromatic heterocycles. The van der Waals surface area contributed by atoms with E-state index < -0.39 is 11.0 Å². The molecule has 2 aliphatic heterocycles. The highest BCUT2D eigenvalue weighted by molar-refractivity contribution is 6.30. The van der Waals surface area contributed by atoms with E-state index in [2.05, 4.69) is 6.07 Å². The number of halogens is 1. The first-order valence-corrected chi connectivity index (χ1v) is 8.59. The van der Waals surface area contributed by atoms with E-state index in [4.69, 9.17) is 16.3 Å². The number of β-amino-alcohol motifs (C(OH)–C–C–N with tert-alkyl or cyclic N) is 1. The number of aliphatic hydroxyl groups is 1. The highest BCUT2D eigenvalue weighted by Gasteiger charge is 2.47. The molecule has 1 amide bonds. The van der Waals surface area contributed by atoms with Crippen molar-refractivity contribution in [3.63, 3.8) is 0 Å². The Morgan fingerprint density at radius 3 is 2.79 bits per heavy atom. The van der Waals surface area contributed by atoms with Crippen molar-refractivity contribution in [3.05, 3.63) is 34.9 Å². The SMILES string of the molecule is N#CC1(C(=O)N2CCC(O)(Cc3cccc(Cl)c3)C2)CCOCC1. The number of carbonyl (C=O) groups excluding carboxylic acids is 1. The predicted molar refractivity (Wildman–Crippen MR) is 89.4 cm³/mol. The van der Waals surface area contributed by atoms with Crippen molar-refractivity contribution in [2.45, 2.75) is 31.3 Å². The summed E-state index contributed by atoms with van der Waals surface area (Å²) in [6, 6.07) is 9.61. The zero-order chi connectivity index (χ0) is 17.2. The molecule has 0 saturated carbocycles. The fourth-order valence-corrected chi connectivity index (χ4v) is 3.81. The lowest BCUT2D eigenvalue weighted by atomic mass is 9.80. The number of likely N-dealkylation sites (tertiary alicyclic amines) is 1. The summed E-state index contributed by atoms with van der Waals surface area (Å²) in [5.41, 5.74) is -1.03. The Balaban J connectivity index is 1.70. The van der Waals surface area contributed by atoms with Gasteiger partial charge in [-0.3, -0.25) is 4.79 Å². The van der Waals surface area contributed by atoms with E-state index in [1.165, 1.54) is 0 Å². The van der Waals surface area contributed by atoms with Gasteiger partial charge in [-0.05, 0) is 37.0 Å². The van der Waals surface area contributed by atoms with Gasteiger partial charge in [-0.2, -0.15) is 5.26 Å². The summed E-state index contributed by atoms with van der Waals surface area (Å²) in [5.74, 6) is -0.171. The van der Waals surface area contributed by atoms with Gasteiger partial charge in [0.2, 0.25) is 5.91 Å². The monoisotopic (exact) mass is 348 g/mol.